The monoisotopic (exact) mass is 339 g/mol. The summed E-state index contributed by atoms with van der Waals surface area (Å²) in [6.45, 7) is 0.838. The zero-order chi connectivity index (χ0) is 16.9. The molecule has 0 bridgehead atoms. The summed E-state index contributed by atoms with van der Waals surface area (Å²) in [6, 6.07) is 15.9. The number of hydrogen-bond donors (Lipinski definition) is 1. The molecule has 1 N–H and O–H groups in total. The molecule has 1 aromatic carbocycles. The van der Waals surface area contributed by atoms with Crippen LogP contribution in [-0.4, -0.2) is 29.7 Å². The number of aromatic nitrogens is 1. The number of carbonyl (C=O) groups is 2. The first-order valence-corrected chi connectivity index (χ1v) is 8.40. The highest BCUT2D eigenvalue weighted by Crippen LogP contribution is 2.25. The van der Waals surface area contributed by atoms with Gasteiger partial charge in [0.25, 0.3) is 11.1 Å². The van der Waals surface area contributed by atoms with E-state index in [-0.39, 0.29) is 11.1 Å². The number of benzene rings is 1. The molecule has 0 aliphatic carbocycles. The van der Waals surface area contributed by atoms with Crippen molar-refractivity contribution < 1.29 is 9.59 Å². The molecule has 1 aliphatic heterocycles. The molecule has 1 fully saturated rings. The Morgan fingerprint density at radius 1 is 1.12 bits per heavy atom. The summed E-state index contributed by atoms with van der Waals surface area (Å²) in [4.78, 5) is 29.8. The second-order valence-corrected chi connectivity index (χ2v) is 6.44. The first-order chi connectivity index (χ1) is 11.6. The van der Waals surface area contributed by atoms with Crippen LogP contribution in [0, 0.1) is 0 Å². The number of imide groups is 1. The highest BCUT2D eigenvalue weighted by Gasteiger charge is 2.25. The summed E-state index contributed by atoms with van der Waals surface area (Å²) in [5, 5.41) is 1.90. The molecule has 0 saturated carbocycles. The molecule has 3 rings (SSSR count). The molecule has 0 atom stereocenters. The number of nitrogens with one attached hydrogen (secondary N) is 1. The van der Waals surface area contributed by atoms with Crippen molar-refractivity contribution in [1.29, 1.82) is 0 Å². The predicted octanol–water partition coefficient (Wildman–Crippen LogP) is 3.08. The quantitative estimate of drug-likeness (QED) is 0.848. The van der Waals surface area contributed by atoms with Gasteiger partial charge >= 0.3 is 0 Å². The fourth-order valence-electron chi connectivity index (χ4n) is 2.34. The van der Waals surface area contributed by atoms with Gasteiger partial charge < -0.3 is 4.90 Å². The minimum absolute atomic E-state index is 0.345. The smallest absolute Gasteiger partial charge is 0.290 e. The van der Waals surface area contributed by atoms with Crippen molar-refractivity contribution >= 4 is 34.8 Å². The van der Waals surface area contributed by atoms with Gasteiger partial charge in [0.15, 0.2) is 0 Å². The summed E-state index contributed by atoms with van der Waals surface area (Å²) in [5.74, 6) is 0.463. The van der Waals surface area contributed by atoms with Crippen LogP contribution in [0.2, 0.25) is 0 Å². The summed E-state index contributed by atoms with van der Waals surface area (Å²) in [6.07, 6.45) is 2.57. The Bertz CT molecular complexity index is 790. The van der Waals surface area contributed by atoms with Crippen molar-refractivity contribution in [3.63, 3.8) is 0 Å². The molecular weight excluding hydrogens is 322 g/mol. The number of rotatable bonds is 5. The predicted molar refractivity (Wildman–Crippen MR) is 96.8 cm³/mol. The van der Waals surface area contributed by atoms with Crippen molar-refractivity contribution in [3.05, 3.63) is 64.7 Å². The van der Waals surface area contributed by atoms with E-state index in [4.69, 9.17) is 0 Å². The molecule has 122 valence electrons. The number of carbonyl (C=O) groups excluding carboxylic acids is 2. The zero-order valence-corrected chi connectivity index (χ0v) is 14.0. The lowest BCUT2D eigenvalue weighted by Crippen LogP contribution is -2.21. The molecule has 2 heterocycles. The molecule has 0 unspecified atom stereocenters. The Balaban J connectivity index is 1.69. The van der Waals surface area contributed by atoms with Gasteiger partial charge in [-0.05, 0) is 42.0 Å². The number of thioether (sulfide) groups is 1. The van der Waals surface area contributed by atoms with E-state index in [9.17, 15) is 9.59 Å². The van der Waals surface area contributed by atoms with Crippen LogP contribution in [0.1, 0.15) is 11.3 Å². The number of hydrogen-bond acceptors (Lipinski definition) is 5. The summed E-state index contributed by atoms with van der Waals surface area (Å²) in [5.41, 5.74) is 1.94. The lowest BCUT2D eigenvalue weighted by atomic mass is 10.1. The Kier molecular flexibility index (Phi) is 4.96. The van der Waals surface area contributed by atoms with Crippen molar-refractivity contribution in [2.45, 2.75) is 6.42 Å². The van der Waals surface area contributed by atoms with Gasteiger partial charge in [0.05, 0.1) is 10.6 Å². The molecule has 1 aliphatic rings. The SMILES string of the molecule is CN(CCc1ccccc1)c1cccc(/C=C2/SC(=O)NC2=O)n1. The normalized spacial score (nSPS) is 15.6. The number of pyridine rings is 1. The van der Waals surface area contributed by atoms with Crippen LogP contribution in [0.25, 0.3) is 6.08 Å². The van der Waals surface area contributed by atoms with Crippen LogP contribution >= 0.6 is 11.8 Å². The standard InChI is InChI=1S/C18H17N3O2S/c1-21(11-10-13-6-3-2-4-7-13)16-9-5-8-14(19-16)12-15-17(22)20-18(23)24-15/h2-9,12H,10-11H2,1H3,(H,20,22,23)/b15-12+. The van der Waals surface area contributed by atoms with Gasteiger partial charge in [-0.2, -0.15) is 0 Å². The van der Waals surface area contributed by atoms with Gasteiger partial charge in [-0.1, -0.05) is 36.4 Å². The van der Waals surface area contributed by atoms with Crippen LogP contribution < -0.4 is 10.2 Å². The molecule has 6 heteroatoms. The van der Waals surface area contributed by atoms with Gasteiger partial charge in [0.2, 0.25) is 0 Å². The molecule has 0 radical (unpaired) electrons. The van der Waals surface area contributed by atoms with E-state index < -0.39 is 0 Å². The van der Waals surface area contributed by atoms with Crippen LogP contribution in [0.4, 0.5) is 10.6 Å². The van der Waals surface area contributed by atoms with Crippen molar-refractivity contribution in [2.24, 2.45) is 0 Å². The Morgan fingerprint density at radius 3 is 2.62 bits per heavy atom. The molecule has 2 amide bonds. The van der Waals surface area contributed by atoms with Crippen molar-refractivity contribution in [1.82, 2.24) is 10.3 Å². The van der Waals surface area contributed by atoms with Crippen LogP contribution in [0.15, 0.2) is 53.4 Å². The first kappa shape index (κ1) is 16.3. The fourth-order valence-corrected chi connectivity index (χ4v) is 3.01. The first-order valence-electron chi connectivity index (χ1n) is 7.59. The maximum Gasteiger partial charge on any atom is 0.290 e. The second kappa shape index (κ2) is 7.31. The van der Waals surface area contributed by atoms with E-state index >= 15 is 0 Å². The highest BCUT2D eigenvalue weighted by molar-refractivity contribution is 8.18. The number of amides is 2. The summed E-state index contributed by atoms with van der Waals surface area (Å²) >= 11 is 0.898. The van der Waals surface area contributed by atoms with Gasteiger partial charge in [-0.3, -0.25) is 14.9 Å². The Morgan fingerprint density at radius 2 is 1.92 bits per heavy atom. The summed E-state index contributed by atoms with van der Waals surface area (Å²) in [7, 11) is 1.99. The molecule has 1 aromatic heterocycles. The van der Waals surface area contributed by atoms with E-state index in [1.165, 1.54) is 5.56 Å². The third-order valence-electron chi connectivity index (χ3n) is 3.65. The fraction of sp³-hybridized carbons (Fsp3) is 0.167. The molecule has 0 spiro atoms. The molecule has 5 nitrogen and oxygen atoms in total. The van der Waals surface area contributed by atoms with Crippen molar-refractivity contribution in [2.75, 3.05) is 18.5 Å². The van der Waals surface area contributed by atoms with Gasteiger partial charge in [-0.25, -0.2) is 4.98 Å². The van der Waals surface area contributed by atoms with E-state index in [1.54, 1.807) is 6.08 Å². The van der Waals surface area contributed by atoms with E-state index in [2.05, 4.69) is 27.3 Å². The van der Waals surface area contributed by atoms with Crippen LogP contribution in [-0.2, 0) is 11.2 Å². The Labute approximate surface area is 144 Å². The number of nitrogens with zero attached hydrogens (tertiary/aromatic N) is 2. The zero-order valence-electron chi connectivity index (χ0n) is 13.2. The van der Waals surface area contributed by atoms with Crippen LogP contribution in [0.3, 0.4) is 0 Å². The average molecular weight is 339 g/mol. The van der Waals surface area contributed by atoms with E-state index in [0.717, 1.165) is 30.5 Å². The second-order valence-electron chi connectivity index (χ2n) is 5.43. The number of anilines is 1. The van der Waals surface area contributed by atoms with E-state index in [0.29, 0.717) is 10.6 Å². The van der Waals surface area contributed by atoms with Gasteiger partial charge in [0, 0.05) is 13.6 Å². The third kappa shape index (κ3) is 4.02. The van der Waals surface area contributed by atoms with Gasteiger partial charge in [-0.15, -0.1) is 0 Å². The minimum atomic E-state index is -0.366. The molecule has 2 aromatic rings. The van der Waals surface area contributed by atoms with Crippen LogP contribution in [0.5, 0.6) is 0 Å². The lowest BCUT2D eigenvalue weighted by Gasteiger charge is -2.18. The summed E-state index contributed by atoms with van der Waals surface area (Å²) < 4.78 is 0. The van der Waals surface area contributed by atoms with Crippen molar-refractivity contribution in [3.8, 4) is 0 Å². The van der Waals surface area contributed by atoms with E-state index in [1.807, 2.05) is 43.4 Å². The minimum Gasteiger partial charge on any atom is -0.359 e. The number of likely N-dealkylation sites (N-methyl/N-ethyl adjacent to an activating group) is 1. The topological polar surface area (TPSA) is 62.3 Å². The largest absolute Gasteiger partial charge is 0.359 e. The molecule has 1 saturated heterocycles. The maximum absolute atomic E-state index is 11.6. The molecular formula is C18H17N3O2S. The molecule has 24 heavy (non-hydrogen) atoms. The average Bonchev–Trinajstić information content (AvgIpc) is 2.91. The van der Waals surface area contributed by atoms with Gasteiger partial charge in [0.1, 0.15) is 5.82 Å². The third-order valence-corrected chi connectivity index (χ3v) is 4.46. The lowest BCUT2D eigenvalue weighted by molar-refractivity contribution is -0.115. The highest BCUT2D eigenvalue weighted by atomic mass is 32.2. The maximum atomic E-state index is 11.6. The Hall–Kier alpha value is -2.60.